The molecule has 1 aromatic heterocycles. The Balaban J connectivity index is 1.45. The lowest BCUT2D eigenvalue weighted by molar-refractivity contribution is -0.121. The van der Waals surface area contributed by atoms with Crippen LogP contribution in [0, 0.1) is 0 Å². The van der Waals surface area contributed by atoms with Crippen molar-refractivity contribution in [3.8, 4) is 10.6 Å². The van der Waals surface area contributed by atoms with Crippen molar-refractivity contribution < 1.29 is 4.79 Å². The summed E-state index contributed by atoms with van der Waals surface area (Å²) in [6.45, 7) is 7.42. The molecule has 4 nitrogen and oxygen atoms in total. The molecule has 2 aromatic rings. The summed E-state index contributed by atoms with van der Waals surface area (Å²) in [6.07, 6.45) is 3.73. The molecule has 1 aromatic carbocycles. The molecule has 1 aliphatic heterocycles. The van der Waals surface area contributed by atoms with Crippen molar-refractivity contribution in [1.82, 2.24) is 15.2 Å². The van der Waals surface area contributed by atoms with Crippen molar-refractivity contribution in [2.75, 3.05) is 19.6 Å². The first-order chi connectivity index (χ1) is 12.0. The zero-order valence-corrected chi connectivity index (χ0v) is 15.9. The van der Waals surface area contributed by atoms with Crippen LogP contribution in [0.1, 0.15) is 38.8 Å². The molecule has 0 saturated carbocycles. The number of amides is 1. The van der Waals surface area contributed by atoms with E-state index in [0.717, 1.165) is 29.4 Å². The second kappa shape index (κ2) is 8.11. The van der Waals surface area contributed by atoms with Gasteiger partial charge in [-0.25, -0.2) is 4.98 Å². The van der Waals surface area contributed by atoms with Gasteiger partial charge in [-0.05, 0) is 46.2 Å². The number of carbonyl (C=O) groups excluding carboxylic acids is 1. The largest absolute Gasteiger partial charge is 0.354 e. The maximum atomic E-state index is 12.2. The van der Waals surface area contributed by atoms with E-state index in [2.05, 4.69) is 46.6 Å². The van der Waals surface area contributed by atoms with Crippen LogP contribution in [0.4, 0.5) is 0 Å². The van der Waals surface area contributed by atoms with Crippen molar-refractivity contribution in [3.63, 3.8) is 0 Å². The van der Waals surface area contributed by atoms with Crippen LogP contribution in [-0.2, 0) is 11.2 Å². The SMILES string of the molecule is CC(C)(CNC(=O)CCc1csc(-c2ccccc2)n1)N1CCCC1. The van der Waals surface area contributed by atoms with E-state index < -0.39 is 0 Å². The Morgan fingerprint density at radius 3 is 2.68 bits per heavy atom. The maximum Gasteiger partial charge on any atom is 0.220 e. The first-order valence-corrected chi connectivity index (χ1v) is 9.94. The molecule has 1 aliphatic rings. The van der Waals surface area contributed by atoms with Crippen molar-refractivity contribution >= 4 is 17.2 Å². The van der Waals surface area contributed by atoms with Crippen LogP contribution >= 0.6 is 11.3 Å². The number of nitrogens with zero attached hydrogens (tertiary/aromatic N) is 2. The van der Waals surface area contributed by atoms with E-state index in [1.807, 2.05) is 18.2 Å². The van der Waals surface area contributed by atoms with E-state index in [0.29, 0.717) is 19.4 Å². The fourth-order valence-electron chi connectivity index (χ4n) is 3.21. The summed E-state index contributed by atoms with van der Waals surface area (Å²) in [7, 11) is 0. The maximum absolute atomic E-state index is 12.2. The molecule has 0 aliphatic carbocycles. The van der Waals surface area contributed by atoms with Crippen LogP contribution in [0.15, 0.2) is 35.7 Å². The number of hydrogen-bond acceptors (Lipinski definition) is 4. The van der Waals surface area contributed by atoms with Crippen LogP contribution in [0.3, 0.4) is 0 Å². The minimum absolute atomic E-state index is 0.0350. The van der Waals surface area contributed by atoms with Crippen LogP contribution in [0.5, 0.6) is 0 Å². The average Bonchev–Trinajstić information content (AvgIpc) is 3.31. The molecule has 2 heterocycles. The van der Waals surface area contributed by atoms with Crippen molar-refractivity contribution in [1.29, 1.82) is 0 Å². The molecule has 1 saturated heterocycles. The number of hydrogen-bond donors (Lipinski definition) is 1. The third-order valence-corrected chi connectivity index (χ3v) is 5.80. The van der Waals surface area contributed by atoms with Gasteiger partial charge in [0.25, 0.3) is 0 Å². The van der Waals surface area contributed by atoms with E-state index in [-0.39, 0.29) is 11.4 Å². The highest BCUT2D eigenvalue weighted by molar-refractivity contribution is 7.13. The lowest BCUT2D eigenvalue weighted by Gasteiger charge is -2.35. The van der Waals surface area contributed by atoms with Crippen LogP contribution in [0.25, 0.3) is 10.6 Å². The van der Waals surface area contributed by atoms with E-state index in [9.17, 15) is 4.79 Å². The van der Waals surface area contributed by atoms with Gasteiger partial charge in [-0.1, -0.05) is 30.3 Å². The van der Waals surface area contributed by atoms with Gasteiger partial charge < -0.3 is 5.32 Å². The van der Waals surface area contributed by atoms with Gasteiger partial charge in [0.15, 0.2) is 0 Å². The smallest absolute Gasteiger partial charge is 0.220 e. The molecule has 0 atom stereocenters. The highest BCUT2D eigenvalue weighted by atomic mass is 32.1. The van der Waals surface area contributed by atoms with Gasteiger partial charge in [0.05, 0.1) is 5.69 Å². The lowest BCUT2D eigenvalue weighted by Crippen LogP contribution is -2.50. The number of carbonyl (C=O) groups is 1. The normalized spacial score (nSPS) is 15.4. The molecule has 5 heteroatoms. The molecular weight excluding hydrogens is 330 g/mol. The summed E-state index contributed by atoms with van der Waals surface area (Å²) >= 11 is 1.64. The topological polar surface area (TPSA) is 45.2 Å². The number of nitrogens with one attached hydrogen (secondary N) is 1. The van der Waals surface area contributed by atoms with E-state index in [4.69, 9.17) is 0 Å². The number of thiazole rings is 1. The number of aromatic nitrogens is 1. The molecular formula is C20H27N3OS. The number of aryl methyl sites for hydroxylation is 1. The number of likely N-dealkylation sites (tertiary alicyclic amines) is 1. The first-order valence-electron chi connectivity index (χ1n) is 9.06. The summed E-state index contributed by atoms with van der Waals surface area (Å²) in [5.41, 5.74) is 2.17. The van der Waals surface area contributed by atoms with E-state index in [1.54, 1.807) is 11.3 Å². The predicted molar refractivity (Wildman–Crippen MR) is 104 cm³/mol. The Labute approximate surface area is 154 Å². The summed E-state index contributed by atoms with van der Waals surface area (Å²) in [5, 5.41) is 6.18. The fourth-order valence-corrected chi connectivity index (χ4v) is 4.07. The van der Waals surface area contributed by atoms with E-state index >= 15 is 0 Å². The molecule has 134 valence electrons. The number of rotatable bonds is 7. The van der Waals surface area contributed by atoms with E-state index in [1.165, 1.54) is 12.8 Å². The van der Waals surface area contributed by atoms with Crippen LogP contribution in [-0.4, -0.2) is 41.0 Å². The minimum Gasteiger partial charge on any atom is -0.354 e. The summed E-state index contributed by atoms with van der Waals surface area (Å²) < 4.78 is 0. The van der Waals surface area contributed by atoms with Crippen molar-refractivity contribution in [2.45, 2.75) is 45.1 Å². The van der Waals surface area contributed by atoms with Gasteiger partial charge >= 0.3 is 0 Å². The van der Waals surface area contributed by atoms with Gasteiger partial charge in [-0.3, -0.25) is 9.69 Å². The van der Waals surface area contributed by atoms with Crippen molar-refractivity contribution in [3.05, 3.63) is 41.4 Å². The Morgan fingerprint density at radius 1 is 1.24 bits per heavy atom. The summed E-state index contributed by atoms with van der Waals surface area (Å²) in [5.74, 6) is 0.113. The summed E-state index contributed by atoms with van der Waals surface area (Å²) in [6, 6.07) is 10.2. The first kappa shape index (κ1) is 18.1. The predicted octanol–water partition coefficient (Wildman–Crippen LogP) is 3.73. The molecule has 0 spiro atoms. The number of benzene rings is 1. The molecule has 0 bridgehead atoms. The Bertz CT molecular complexity index is 690. The monoisotopic (exact) mass is 357 g/mol. The van der Waals surface area contributed by atoms with Gasteiger partial charge in [0.1, 0.15) is 5.01 Å². The standard InChI is InChI=1S/C20H27N3OS/c1-20(2,23-12-6-7-13-23)15-21-18(24)11-10-17-14-25-19(22-17)16-8-4-3-5-9-16/h3-5,8-9,14H,6-7,10-13,15H2,1-2H3,(H,21,24). The molecule has 0 unspecified atom stereocenters. The molecule has 1 N–H and O–H groups in total. The van der Waals surface area contributed by atoms with Gasteiger partial charge in [0.2, 0.25) is 5.91 Å². The van der Waals surface area contributed by atoms with Crippen LogP contribution in [0.2, 0.25) is 0 Å². The average molecular weight is 358 g/mol. The van der Waals surface area contributed by atoms with Gasteiger partial charge in [-0.2, -0.15) is 0 Å². The summed E-state index contributed by atoms with van der Waals surface area (Å²) in [4.78, 5) is 19.3. The molecule has 25 heavy (non-hydrogen) atoms. The Morgan fingerprint density at radius 2 is 1.96 bits per heavy atom. The van der Waals surface area contributed by atoms with Gasteiger partial charge in [0, 0.05) is 29.4 Å². The van der Waals surface area contributed by atoms with Crippen molar-refractivity contribution in [2.24, 2.45) is 0 Å². The van der Waals surface area contributed by atoms with Gasteiger partial charge in [-0.15, -0.1) is 11.3 Å². The second-order valence-corrected chi connectivity index (χ2v) is 8.15. The zero-order valence-electron chi connectivity index (χ0n) is 15.1. The highest BCUT2D eigenvalue weighted by Crippen LogP contribution is 2.24. The third kappa shape index (κ3) is 4.89. The lowest BCUT2D eigenvalue weighted by atomic mass is 10.0. The molecule has 3 rings (SSSR count). The molecule has 1 fully saturated rings. The third-order valence-electron chi connectivity index (χ3n) is 4.86. The Kier molecular flexibility index (Phi) is 5.86. The molecule has 1 amide bonds. The zero-order chi connectivity index (χ0) is 17.7. The highest BCUT2D eigenvalue weighted by Gasteiger charge is 2.29. The Hall–Kier alpha value is -1.72. The molecule has 0 radical (unpaired) electrons. The van der Waals surface area contributed by atoms with Crippen LogP contribution < -0.4 is 5.32 Å². The fraction of sp³-hybridized carbons (Fsp3) is 0.500. The minimum atomic E-state index is 0.0350. The second-order valence-electron chi connectivity index (χ2n) is 7.29. The quantitative estimate of drug-likeness (QED) is 0.821.